The minimum Gasteiger partial charge on any atom is -0.466 e. The molecule has 0 aliphatic heterocycles. The molecule has 0 fully saturated rings. The van der Waals surface area contributed by atoms with E-state index in [0.29, 0.717) is 6.04 Å². The summed E-state index contributed by atoms with van der Waals surface area (Å²) < 4.78 is 5.64. The number of nitrogens with one attached hydrogen (secondary N) is 1. The van der Waals surface area contributed by atoms with Crippen LogP contribution < -0.4 is 5.32 Å². The average Bonchev–Trinajstić information content (AvgIpc) is 2.69. The Morgan fingerprint density at radius 2 is 1.89 bits per heavy atom. The predicted octanol–water partition coefficient (Wildman–Crippen LogP) is 3.79. The SMILES string of the molecule is CCNC(Cc1ccccc1)c1cc(C)oc1C. The van der Waals surface area contributed by atoms with Crippen LogP contribution in [0.2, 0.25) is 0 Å². The summed E-state index contributed by atoms with van der Waals surface area (Å²) in [4.78, 5) is 0. The summed E-state index contributed by atoms with van der Waals surface area (Å²) in [5, 5.41) is 3.54. The van der Waals surface area contributed by atoms with Gasteiger partial charge in [-0.25, -0.2) is 0 Å². The number of hydrogen-bond acceptors (Lipinski definition) is 2. The summed E-state index contributed by atoms with van der Waals surface area (Å²) in [6.45, 7) is 7.14. The molecule has 2 aromatic rings. The number of likely N-dealkylation sites (N-methyl/N-ethyl adjacent to an activating group) is 1. The van der Waals surface area contributed by atoms with Gasteiger partial charge < -0.3 is 9.73 Å². The summed E-state index contributed by atoms with van der Waals surface area (Å²) in [5.41, 5.74) is 2.62. The standard InChI is InChI=1S/C16H21NO/c1-4-17-16(11-14-8-6-5-7-9-14)15-10-12(2)18-13(15)3/h5-10,16-17H,4,11H2,1-3H3. The fourth-order valence-electron chi connectivity index (χ4n) is 2.38. The van der Waals surface area contributed by atoms with Crippen molar-refractivity contribution >= 4 is 0 Å². The minimum atomic E-state index is 0.329. The first kappa shape index (κ1) is 12.9. The van der Waals surface area contributed by atoms with Gasteiger partial charge in [0.15, 0.2) is 0 Å². The number of furan rings is 1. The number of benzene rings is 1. The zero-order chi connectivity index (χ0) is 13.0. The van der Waals surface area contributed by atoms with Crippen LogP contribution in [0.15, 0.2) is 40.8 Å². The molecule has 1 atom stereocenters. The second-order valence-corrected chi connectivity index (χ2v) is 4.67. The Morgan fingerprint density at radius 1 is 1.17 bits per heavy atom. The van der Waals surface area contributed by atoms with Crippen molar-refractivity contribution in [3.8, 4) is 0 Å². The highest BCUT2D eigenvalue weighted by molar-refractivity contribution is 5.27. The van der Waals surface area contributed by atoms with Crippen LogP contribution in [0.3, 0.4) is 0 Å². The molecule has 0 aliphatic rings. The Labute approximate surface area is 109 Å². The maximum atomic E-state index is 5.64. The van der Waals surface area contributed by atoms with Gasteiger partial charge in [0.05, 0.1) is 0 Å². The second kappa shape index (κ2) is 5.87. The summed E-state index contributed by atoms with van der Waals surface area (Å²) >= 11 is 0. The summed E-state index contributed by atoms with van der Waals surface area (Å²) in [6, 6.07) is 13.1. The zero-order valence-electron chi connectivity index (χ0n) is 11.4. The molecule has 1 aromatic carbocycles. The number of rotatable bonds is 5. The van der Waals surface area contributed by atoms with Gasteiger partial charge in [-0.1, -0.05) is 37.3 Å². The smallest absolute Gasteiger partial charge is 0.105 e. The molecule has 1 N–H and O–H groups in total. The van der Waals surface area contributed by atoms with E-state index in [1.54, 1.807) is 0 Å². The van der Waals surface area contributed by atoms with E-state index in [1.165, 1.54) is 11.1 Å². The van der Waals surface area contributed by atoms with Crippen molar-refractivity contribution in [2.45, 2.75) is 33.2 Å². The lowest BCUT2D eigenvalue weighted by Crippen LogP contribution is -2.23. The van der Waals surface area contributed by atoms with Gasteiger partial charge >= 0.3 is 0 Å². The summed E-state index contributed by atoms with van der Waals surface area (Å²) in [6.07, 6.45) is 0.995. The van der Waals surface area contributed by atoms with E-state index in [4.69, 9.17) is 4.42 Å². The molecule has 0 amide bonds. The van der Waals surface area contributed by atoms with Crippen molar-refractivity contribution in [2.24, 2.45) is 0 Å². The van der Waals surface area contributed by atoms with Gasteiger partial charge in [-0.15, -0.1) is 0 Å². The van der Waals surface area contributed by atoms with Crippen molar-refractivity contribution in [1.82, 2.24) is 5.32 Å². The van der Waals surface area contributed by atoms with E-state index in [2.05, 4.69) is 48.6 Å². The third-order valence-electron chi connectivity index (χ3n) is 3.19. The van der Waals surface area contributed by atoms with E-state index in [1.807, 2.05) is 13.8 Å². The fraction of sp³-hybridized carbons (Fsp3) is 0.375. The quantitative estimate of drug-likeness (QED) is 0.864. The van der Waals surface area contributed by atoms with Crippen molar-refractivity contribution < 1.29 is 4.42 Å². The number of hydrogen-bond donors (Lipinski definition) is 1. The van der Waals surface area contributed by atoms with E-state index in [-0.39, 0.29) is 0 Å². The monoisotopic (exact) mass is 243 g/mol. The molecule has 1 unspecified atom stereocenters. The highest BCUT2D eigenvalue weighted by Crippen LogP contribution is 2.24. The van der Waals surface area contributed by atoms with Crippen LogP contribution >= 0.6 is 0 Å². The molecule has 18 heavy (non-hydrogen) atoms. The first-order valence-electron chi connectivity index (χ1n) is 6.55. The highest BCUT2D eigenvalue weighted by atomic mass is 16.3. The molecule has 96 valence electrons. The van der Waals surface area contributed by atoms with Crippen LogP contribution in [-0.4, -0.2) is 6.54 Å². The van der Waals surface area contributed by atoms with E-state index < -0.39 is 0 Å². The molecule has 2 heteroatoms. The van der Waals surface area contributed by atoms with Crippen molar-refractivity contribution in [3.05, 3.63) is 59.0 Å². The predicted molar refractivity (Wildman–Crippen MR) is 74.7 cm³/mol. The molecule has 0 aliphatic carbocycles. The van der Waals surface area contributed by atoms with Gasteiger partial charge in [0.25, 0.3) is 0 Å². The Kier molecular flexibility index (Phi) is 4.21. The molecule has 0 saturated carbocycles. The number of aryl methyl sites for hydroxylation is 2. The topological polar surface area (TPSA) is 25.2 Å². The first-order valence-corrected chi connectivity index (χ1v) is 6.55. The van der Waals surface area contributed by atoms with Crippen LogP contribution in [0.1, 0.15) is 35.6 Å². The van der Waals surface area contributed by atoms with E-state index in [9.17, 15) is 0 Å². The zero-order valence-corrected chi connectivity index (χ0v) is 11.4. The van der Waals surface area contributed by atoms with Gasteiger partial charge in [-0.2, -0.15) is 0 Å². The molecule has 2 nitrogen and oxygen atoms in total. The molecule has 0 bridgehead atoms. The van der Waals surface area contributed by atoms with E-state index >= 15 is 0 Å². The lowest BCUT2D eigenvalue weighted by atomic mass is 9.99. The molecular formula is C16H21NO. The molecule has 2 rings (SSSR count). The third kappa shape index (κ3) is 3.02. The maximum absolute atomic E-state index is 5.64. The molecule has 1 heterocycles. The van der Waals surface area contributed by atoms with Gasteiger partial charge in [-0.3, -0.25) is 0 Å². The second-order valence-electron chi connectivity index (χ2n) is 4.67. The molecule has 0 spiro atoms. The van der Waals surface area contributed by atoms with Gasteiger partial charge in [0, 0.05) is 11.6 Å². The Hall–Kier alpha value is -1.54. The van der Waals surface area contributed by atoms with Crippen LogP contribution in [0.4, 0.5) is 0 Å². The normalized spacial score (nSPS) is 12.6. The van der Waals surface area contributed by atoms with Crippen LogP contribution in [-0.2, 0) is 6.42 Å². The lowest BCUT2D eigenvalue weighted by Gasteiger charge is -2.17. The Balaban J connectivity index is 2.21. The third-order valence-corrected chi connectivity index (χ3v) is 3.19. The van der Waals surface area contributed by atoms with Crippen LogP contribution in [0.5, 0.6) is 0 Å². The lowest BCUT2D eigenvalue weighted by molar-refractivity contribution is 0.484. The van der Waals surface area contributed by atoms with Crippen LogP contribution in [0, 0.1) is 13.8 Å². The maximum Gasteiger partial charge on any atom is 0.105 e. The van der Waals surface area contributed by atoms with Crippen molar-refractivity contribution in [1.29, 1.82) is 0 Å². The first-order chi connectivity index (χ1) is 8.70. The fourth-order valence-corrected chi connectivity index (χ4v) is 2.38. The molecule has 0 radical (unpaired) electrons. The van der Waals surface area contributed by atoms with Gasteiger partial charge in [0.2, 0.25) is 0 Å². The highest BCUT2D eigenvalue weighted by Gasteiger charge is 2.16. The van der Waals surface area contributed by atoms with E-state index in [0.717, 1.165) is 24.5 Å². The Morgan fingerprint density at radius 3 is 2.44 bits per heavy atom. The van der Waals surface area contributed by atoms with Gasteiger partial charge in [-0.05, 0) is 38.4 Å². The van der Waals surface area contributed by atoms with Crippen molar-refractivity contribution in [2.75, 3.05) is 6.54 Å². The average molecular weight is 243 g/mol. The summed E-state index contributed by atoms with van der Waals surface area (Å²) in [7, 11) is 0. The minimum absolute atomic E-state index is 0.329. The largest absolute Gasteiger partial charge is 0.466 e. The van der Waals surface area contributed by atoms with Crippen LogP contribution in [0.25, 0.3) is 0 Å². The summed E-state index contributed by atoms with van der Waals surface area (Å²) in [5.74, 6) is 2.01. The van der Waals surface area contributed by atoms with Crippen molar-refractivity contribution in [3.63, 3.8) is 0 Å². The molecular weight excluding hydrogens is 222 g/mol. The molecule has 0 saturated heterocycles. The van der Waals surface area contributed by atoms with Gasteiger partial charge in [0.1, 0.15) is 11.5 Å². The molecule has 1 aromatic heterocycles. The Bertz CT molecular complexity index is 487.